The van der Waals surface area contributed by atoms with Crippen LogP contribution in [-0.2, 0) is 14.3 Å². The Labute approximate surface area is 145 Å². The second-order valence-electron chi connectivity index (χ2n) is 8.63. The van der Waals surface area contributed by atoms with E-state index in [0.717, 1.165) is 44.1 Å². The fraction of sp³-hybridized carbons (Fsp3) is 0.762. The van der Waals surface area contributed by atoms with Crippen LogP contribution in [0.2, 0.25) is 0 Å². The zero-order valence-electron chi connectivity index (χ0n) is 15.3. The maximum absolute atomic E-state index is 12.6. The van der Waals surface area contributed by atoms with Crippen LogP contribution in [0.3, 0.4) is 0 Å². The van der Waals surface area contributed by atoms with Gasteiger partial charge in [-0.2, -0.15) is 0 Å². The fourth-order valence-electron chi connectivity index (χ4n) is 6.36. The van der Waals surface area contributed by atoms with Crippen LogP contribution in [0.25, 0.3) is 0 Å². The van der Waals surface area contributed by atoms with Crippen molar-refractivity contribution in [3.05, 3.63) is 23.3 Å². The molecule has 0 aromatic carbocycles. The van der Waals surface area contributed by atoms with E-state index in [0.29, 0.717) is 23.5 Å². The molecule has 3 heteroatoms. The number of fused-ring (bicyclic) bond motifs is 4. The standard InChI is InChI=1S/C21H30O3/c1-13-11-18-17-6-5-14-12-21(23-3,24-4)10-8-15(14)16(17)7-9-20(18,2)19(13)22/h16-18H,1,5-12H2,2-4H3. The largest absolute Gasteiger partial charge is 0.353 e. The number of allylic oxidation sites excluding steroid dienone is 2. The van der Waals surface area contributed by atoms with Gasteiger partial charge in [0.05, 0.1) is 0 Å². The van der Waals surface area contributed by atoms with Crippen LogP contribution in [0.15, 0.2) is 23.3 Å². The van der Waals surface area contributed by atoms with Gasteiger partial charge in [0.15, 0.2) is 11.6 Å². The first kappa shape index (κ1) is 16.5. The highest BCUT2D eigenvalue weighted by Gasteiger charge is 2.56. The Hall–Kier alpha value is -0.930. The second-order valence-corrected chi connectivity index (χ2v) is 8.63. The average Bonchev–Trinajstić information content (AvgIpc) is 2.84. The first-order valence-electron chi connectivity index (χ1n) is 9.48. The number of carbonyl (C=O) groups is 1. The van der Waals surface area contributed by atoms with Crippen molar-refractivity contribution in [3.63, 3.8) is 0 Å². The lowest BCUT2D eigenvalue weighted by molar-refractivity contribution is -0.213. The van der Waals surface area contributed by atoms with E-state index in [1.54, 1.807) is 25.4 Å². The molecule has 0 aliphatic heterocycles. The van der Waals surface area contributed by atoms with Crippen molar-refractivity contribution in [1.82, 2.24) is 0 Å². The van der Waals surface area contributed by atoms with E-state index in [9.17, 15) is 4.79 Å². The van der Waals surface area contributed by atoms with Crippen molar-refractivity contribution in [2.45, 2.75) is 64.1 Å². The van der Waals surface area contributed by atoms with Crippen molar-refractivity contribution in [1.29, 1.82) is 0 Å². The molecule has 4 atom stereocenters. The number of hydrogen-bond acceptors (Lipinski definition) is 3. The van der Waals surface area contributed by atoms with Gasteiger partial charge in [-0.15, -0.1) is 0 Å². The Bertz CT molecular complexity index is 613. The monoisotopic (exact) mass is 330 g/mol. The van der Waals surface area contributed by atoms with Crippen LogP contribution < -0.4 is 0 Å². The van der Waals surface area contributed by atoms with Crippen molar-refractivity contribution in [2.24, 2.45) is 23.2 Å². The molecule has 2 fully saturated rings. The molecule has 0 amide bonds. The zero-order chi connectivity index (χ0) is 17.1. The molecule has 4 unspecified atom stereocenters. The summed E-state index contributed by atoms with van der Waals surface area (Å²) in [6.07, 6.45) is 8.47. The molecule has 4 aliphatic rings. The molecular weight excluding hydrogens is 300 g/mol. The second kappa shape index (κ2) is 5.54. The highest BCUT2D eigenvalue weighted by atomic mass is 16.7. The van der Waals surface area contributed by atoms with Gasteiger partial charge < -0.3 is 9.47 Å². The zero-order valence-corrected chi connectivity index (χ0v) is 15.3. The number of ketones is 1. The Kier molecular flexibility index (Phi) is 3.81. The summed E-state index contributed by atoms with van der Waals surface area (Å²) >= 11 is 0. The van der Waals surface area contributed by atoms with Gasteiger partial charge in [0.2, 0.25) is 0 Å². The average molecular weight is 330 g/mol. The number of carbonyl (C=O) groups excluding carboxylic acids is 1. The molecule has 0 saturated heterocycles. The summed E-state index contributed by atoms with van der Waals surface area (Å²) in [7, 11) is 3.53. The number of ether oxygens (including phenoxy) is 2. The normalized spacial score (nSPS) is 41.0. The van der Waals surface area contributed by atoms with Gasteiger partial charge in [-0.1, -0.05) is 24.6 Å². The first-order chi connectivity index (χ1) is 11.4. The summed E-state index contributed by atoms with van der Waals surface area (Å²) in [6, 6.07) is 0. The molecule has 132 valence electrons. The molecule has 0 bridgehead atoms. The van der Waals surface area contributed by atoms with Crippen LogP contribution in [0, 0.1) is 23.2 Å². The van der Waals surface area contributed by atoms with E-state index in [2.05, 4.69) is 13.5 Å². The Morgan fingerprint density at radius 3 is 2.58 bits per heavy atom. The number of hydrogen-bond donors (Lipinski definition) is 0. The van der Waals surface area contributed by atoms with Gasteiger partial charge in [-0.05, 0) is 61.9 Å². The van der Waals surface area contributed by atoms with E-state index in [1.165, 1.54) is 12.8 Å². The highest BCUT2D eigenvalue weighted by molar-refractivity contribution is 6.02. The molecule has 3 nitrogen and oxygen atoms in total. The minimum Gasteiger partial charge on any atom is -0.353 e. The summed E-state index contributed by atoms with van der Waals surface area (Å²) in [5.41, 5.74) is 4.01. The smallest absolute Gasteiger partial charge is 0.171 e. The van der Waals surface area contributed by atoms with Crippen LogP contribution in [0.1, 0.15) is 58.3 Å². The molecule has 24 heavy (non-hydrogen) atoms. The van der Waals surface area contributed by atoms with Crippen molar-refractivity contribution >= 4 is 5.78 Å². The van der Waals surface area contributed by atoms with Gasteiger partial charge >= 0.3 is 0 Å². The minimum absolute atomic E-state index is 0.131. The fourth-order valence-corrected chi connectivity index (χ4v) is 6.36. The molecule has 0 spiro atoms. The lowest BCUT2D eigenvalue weighted by atomic mass is 9.54. The lowest BCUT2D eigenvalue weighted by Crippen LogP contribution is -2.46. The third-order valence-corrected chi connectivity index (χ3v) is 7.82. The topological polar surface area (TPSA) is 35.5 Å². The minimum atomic E-state index is -0.410. The van der Waals surface area contributed by atoms with Gasteiger partial charge in [0.25, 0.3) is 0 Å². The van der Waals surface area contributed by atoms with E-state index in [4.69, 9.17) is 9.47 Å². The quantitative estimate of drug-likeness (QED) is 0.427. The van der Waals surface area contributed by atoms with E-state index < -0.39 is 5.79 Å². The molecule has 2 saturated carbocycles. The van der Waals surface area contributed by atoms with Gasteiger partial charge in [-0.3, -0.25) is 4.79 Å². The van der Waals surface area contributed by atoms with Crippen LogP contribution >= 0.6 is 0 Å². The summed E-state index contributed by atoms with van der Waals surface area (Å²) < 4.78 is 11.4. The molecule has 4 rings (SSSR count). The molecule has 0 N–H and O–H groups in total. The van der Waals surface area contributed by atoms with Crippen molar-refractivity contribution in [3.8, 4) is 0 Å². The highest BCUT2D eigenvalue weighted by Crippen LogP contribution is 2.61. The van der Waals surface area contributed by atoms with E-state index >= 15 is 0 Å². The predicted octanol–water partition coefficient (Wildman–Crippen LogP) is 4.43. The van der Waals surface area contributed by atoms with Gasteiger partial charge in [-0.25, -0.2) is 0 Å². The van der Waals surface area contributed by atoms with Gasteiger partial charge in [0, 0.05) is 32.5 Å². The van der Waals surface area contributed by atoms with Crippen molar-refractivity contribution < 1.29 is 14.3 Å². The number of Topliss-reactive ketones (excluding diaryl/α,β-unsaturated/α-hetero) is 1. The number of methoxy groups -OCH3 is 2. The Balaban J connectivity index is 1.63. The van der Waals surface area contributed by atoms with E-state index in [-0.39, 0.29) is 5.41 Å². The Morgan fingerprint density at radius 2 is 1.88 bits per heavy atom. The lowest BCUT2D eigenvalue weighted by Gasteiger charge is -2.51. The van der Waals surface area contributed by atoms with E-state index in [1.807, 2.05) is 0 Å². The third kappa shape index (κ3) is 2.13. The molecule has 0 aromatic heterocycles. The third-order valence-electron chi connectivity index (χ3n) is 7.82. The SMILES string of the molecule is C=C1CC2C3CCC4=C(CCC(OC)(OC)C4)C3CCC2(C)C1=O. The maximum atomic E-state index is 12.6. The van der Waals surface area contributed by atoms with Crippen molar-refractivity contribution in [2.75, 3.05) is 14.2 Å². The predicted molar refractivity (Wildman–Crippen MR) is 93.4 cm³/mol. The van der Waals surface area contributed by atoms with Crippen LogP contribution in [0.4, 0.5) is 0 Å². The molecule has 4 aliphatic carbocycles. The summed E-state index contributed by atoms with van der Waals surface area (Å²) in [4.78, 5) is 12.6. The maximum Gasteiger partial charge on any atom is 0.171 e. The molecular formula is C21H30O3. The summed E-state index contributed by atoms with van der Waals surface area (Å²) in [6.45, 7) is 6.28. The first-order valence-corrected chi connectivity index (χ1v) is 9.48. The summed E-state index contributed by atoms with van der Waals surface area (Å²) in [5.74, 6) is 1.81. The van der Waals surface area contributed by atoms with Gasteiger partial charge in [0.1, 0.15) is 0 Å². The van der Waals surface area contributed by atoms with Crippen LogP contribution in [0.5, 0.6) is 0 Å². The van der Waals surface area contributed by atoms with Crippen LogP contribution in [-0.4, -0.2) is 25.8 Å². The molecule has 0 heterocycles. The molecule has 0 aromatic rings. The Morgan fingerprint density at radius 1 is 1.12 bits per heavy atom. The summed E-state index contributed by atoms with van der Waals surface area (Å²) in [5, 5.41) is 0. The number of rotatable bonds is 2. The molecule has 0 radical (unpaired) electrons.